The van der Waals surface area contributed by atoms with E-state index in [1.807, 2.05) is 0 Å². The highest BCUT2D eigenvalue weighted by Crippen LogP contribution is 2.02. The summed E-state index contributed by atoms with van der Waals surface area (Å²) < 4.78 is 21.6. The molecule has 12 heavy (non-hydrogen) atoms. The number of rotatable bonds is 3. The van der Waals surface area contributed by atoms with Crippen molar-refractivity contribution in [3.63, 3.8) is 0 Å². The molecule has 2 N–H and O–H groups in total. The van der Waals surface area contributed by atoms with Gasteiger partial charge in [0.25, 0.3) is 5.12 Å². The van der Waals surface area contributed by atoms with Gasteiger partial charge in [0.05, 0.1) is 0 Å². The Morgan fingerprint density at radius 3 is 2.08 bits per heavy atom. The van der Waals surface area contributed by atoms with E-state index >= 15 is 0 Å². The summed E-state index contributed by atoms with van der Waals surface area (Å²) in [6, 6.07) is 0. The molecule has 0 aliphatic rings. The first kappa shape index (κ1) is 11.1. The van der Waals surface area contributed by atoms with Crippen molar-refractivity contribution >= 4 is 20.9 Å². The van der Waals surface area contributed by atoms with Crippen LogP contribution in [0.4, 0.5) is 0 Å². The van der Waals surface area contributed by atoms with E-state index in [0.29, 0.717) is 0 Å². The average Bonchev–Trinajstić information content (AvgIpc) is 2.01. The van der Waals surface area contributed by atoms with Crippen LogP contribution >= 0.6 is 0 Å². The van der Waals surface area contributed by atoms with Crippen LogP contribution in [0, 0.1) is 0 Å². The van der Waals surface area contributed by atoms with Gasteiger partial charge in [0.1, 0.15) is 6.61 Å². The predicted octanol–water partition coefficient (Wildman–Crippen LogP) is -1.61. The zero-order valence-electron chi connectivity index (χ0n) is 6.22. The van der Waals surface area contributed by atoms with Crippen molar-refractivity contribution in [2.24, 2.45) is 0 Å². The van der Waals surface area contributed by atoms with E-state index in [1.165, 1.54) is 0 Å². The van der Waals surface area contributed by atoms with Gasteiger partial charge >= 0.3 is 5.97 Å². The van der Waals surface area contributed by atoms with Gasteiger partial charge in [-0.25, -0.2) is 8.42 Å². The number of aliphatic carboxylic acids is 1. The van der Waals surface area contributed by atoms with Gasteiger partial charge in [-0.3, -0.25) is 9.59 Å². The molecule has 1 atom stereocenters. The van der Waals surface area contributed by atoms with Crippen molar-refractivity contribution in [1.29, 1.82) is 0 Å². The molecule has 0 saturated carbocycles. The lowest BCUT2D eigenvalue weighted by Gasteiger charge is -2.04. The standard InChI is InChI=1S/C5H8O6S/c1-3(5(8)9)12(10,11)4(7)2-6/h3,6H,2H2,1H3,(H,8,9). The van der Waals surface area contributed by atoms with Crippen LogP contribution in [0.3, 0.4) is 0 Å². The van der Waals surface area contributed by atoms with Crippen LogP contribution in [0.25, 0.3) is 0 Å². The van der Waals surface area contributed by atoms with Gasteiger partial charge < -0.3 is 10.2 Å². The molecule has 0 amide bonds. The average molecular weight is 196 g/mol. The minimum absolute atomic E-state index is 0.866. The highest BCUT2D eigenvalue weighted by Gasteiger charge is 2.33. The molecule has 0 fully saturated rings. The van der Waals surface area contributed by atoms with E-state index in [2.05, 4.69) is 0 Å². The monoisotopic (exact) mass is 196 g/mol. The first-order valence-electron chi connectivity index (χ1n) is 2.94. The smallest absolute Gasteiger partial charge is 0.322 e. The Balaban J connectivity index is 4.88. The zero-order valence-corrected chi connectivity index (χ0v) is 7.04. The molecule has 0 aromatic rings. The number of carboxylic acids is 1. The summed E-state index contributed by atoms with van der Waals surface area (Å²) in [5.41, 5.74) is 0. The third-order valence-electron chi connectivity index (χ3n) is 1.26. The van der Waals surface area contributed by atoms with Crippen LogP contribution in [0.5, 0.6) is 0 Å². The summed E-state index contributed by atoms with van der Waals surface area (Å²) in [7, 11) is -4.38. The van der Waals surface area contributed by atoms with E-state index in [1.54, 1.807) is 0 Å². The van der Waals surface area contributed by atoms with Crippen LogP contribution in [0.2, 0.25) is 0 Å². The van der Waals surface area contributed by atoms with Crippen LogP contribution in [-0.4, -0.2) is 41.6 Å². The number of carbonyl (C=O) groups is 2. The molecule has 6 nitrogen and oxygen atoms in total. The van der Waals surface area contributed by atoms with Crippen molar-refractivity contribution < 1.29 is 28.2 Å². The molecule has 7 heteroatoms. The van der Waals surface area contributed by atoms with Crippen molar-refractivity contribution in [1.82, 2.24) is 0 Å². The molecule has 70 valence electrons. The van der Waals surface area contributed by atoms with E-state index in [0.717, 1.165) is 6.92 Å². The second-order valence-electron chi connectivity index (χ2n) is 2.06. The molecule has 0 bridgehead atoms. The lowest BCUT2D eigenvalue weighted by atomic mass is 10.5. The van der Waals surface area contributed by atoms with Crippen molar-refractivity contribution in [2.75, 3.05) is 6.61 Å². The zero-order chi connectivity index (χ0) is 9.94. The molecule has 0 saturated heterocycles. The second kappa shape index (κ2) is 3.63. The maximum Gasteiger partial charge on any atom is 0.322 e. The minimum atomic E-state index is -4.38. The van der Waals surface area contributed by atoms with Crippen molar-refractivity contribution in [2.45, 2.75) is 12.2 Å². The topological polar surface area (TPSA) is 109 Å². The Hall–Kier alpha value is -0.950. The molecule has 0 aromatic carbocycles. The third kappa shape index (κ3) is 2.02. The molecular weight excluding hydrogens is 188 g/mol. The fourth-order valence-corrected chi connectivity index (χ4v) is 1.26. The molecule has 1 unspecified atom stereocenters. The summed E-state index contributed by atoms with van der Waals surface area (Å²) in [5, 5.41) is 13.1. The number of sulfone groups is 1. The predicted molar refractivity (Wildman–Crippen MR) is 38.1 cm³/mol. The highest BCUT2D eigenvalue weighted by molar-refractivity contribution is 8.07. The van der Waals surface area contributed by atoms with Crippen LogP contribution in [-0.2, 0) is 19.4 Å². The number of hydrogen-bond acceptors (Lipinski definition) is 5. The van der Waals surface area contributed by atoms with Gasteiger partial charge in [-0.15, -0.1) is 0 Å². The Morgan fingerprint density at radius 2 is 1.83 bits per heavy atom. The Bertz CT molecular complexity index is 289. The SMILES string of the molecule is CC(C(=O)O)S(=O)(=O)C(=O)CO. The lowest BCUT2D eigenvalue weighted by molar-refractivity contribution is -0.136. The molecule has 0 rings (SSSR count). The largest absolute Gasteiger partial charge is 0.480 e. The van der Waals surface area contributed by atoms with Crippen LogP contribution < -0.4 is 0 Å². The molecule has 0 spiro atoms. The van der Waals surface area contributed by atoms with Crippen molar-refractivity contribution in [3.8, 4) is 0 Å². The summed E-state index contributed by atoms with van der Waals surface area (Å²) in [5.74, 6) is -1.61. The van der Waals surface area contributed by atoms with Gasteiger partial charge in [-0.2, -0.15) is 0 Å². The Labute approximate surface area is 68.7 Å². The van der Waals surface area contributed by atoms with Gasteiger partial charge in [0, 0.05) is 0 Å². The van der Waals surface area contributed by atoms with E-state index in [4.69, 9.17) is 10.2 Å². The molecule has 0 radical (unpaired) electrons. The molecule has 0 aromatic heterocycles. The lowest BCUT2D eigenvalue weighted by Crippen LogP contribution is -2.34. The number of hydrogen-bond donors (Lipinski definition) is 2. The minimum Gasteiger partial charge on any atom is -0.480 e. The number of carboxylic acid groups (broad SMARTS) is 1. The third-order valence-corrected chi connectivity index (χ3v) is 3.16. The van der Waals surface area contributed by atoms with E-state index in [9.17, 15) is 18.0 Å². The maximum atomic E-state index is 10.8. The fourth-order valence-electron chi connectivity index (χ4n) is 0.420. The second-order valence-corrected chi connectivity index (χ2v) is 4.31. The first-order valence-corrected chi connectivity index (χ1v) is 4.49. The maximum absolute atomic E-state index is 10.8. The van der Waals surface area contributed by atoms with Crippen molar-refractivity contribution in [3.05, 3.63) is 0 Å². The summed E-state index contributed by atoms with van der Waals surface area (Å²) in [6.07, 6.45) is 0. The first-order chi connectivity index (χ1) is 5.34. The molecule has 0 aliphatic heterocycles. The quantitative estimate of drug-likeness (QED) is 0.562. The summed E-state index contributed by atoms with van der Waals surface area (Å²) >= 11 is 0. The molecular formula is C5H8O6S. The fraction of sp³-hybridized carbons (Fsp3) is 0.600. The van der Waals surface area contributed by atoms with Crippen LogP contribution in [0.15, 0.2) is 0 Å². The summed E-state index contributed by atoms with van der Waals surface area (Å²) in [6.45, 7) is -0.328. The number of aliphatic hydroxyl groups excluding tert-OH is 1. The Morgan fingerprint density at radius 1 is 1.42 bits per heavy atom. The summed E-state index contributed by atoms with van der Waals surface area (Å²) in [4.78, 5) is 20.6. The normalized spacial score (nSPS) is 13.8. The van der Waals surface area contributed by atoms with Gasteiger partial charge in [-0.1, -0.05) is 0 Å². The molecule has 0 heterocycles. The van der Waals surface area contributed by atoms with Gasteiger partial charge in [0.2, 0.25) is 9.84 Å². The van der Waals surface area contributed by atoms with E-state index in [-0.39, 0.29) is 0 Å². The number of carbonyl (C=O) groups excluding carboxylic acids is 1. The van der Waals surface area contributed by atoms with Gasteiger partial charge in [0.15, 0.2) is 5.25 Å². The van der Waals surface area contributed by atoms with Gasteiger partial charge in [-0.05, 0) is 6.92 Å². The van der Waals surface area contributed by atoms with Crippen LogP contribution in [0.1, 0.15) is 6.92 Å². The Kier molecular flexibility index (Phi) is 3.35. The highest BCUT2D eigenvalue weighted by atomic mass is 32.2. The molecule has 0 aliphatic carbocycles. The van der Waals surface area contributed by atoms with E-state index < -0.39 is 32.8 Å². The number of aliphatic hydroxyl groups is 1.